The van der Waals surface area contributed by atoms with Gasteiger partial charge in [0.25, 0.3) is 0 Å². The second-order valence-electron chi connectivity index (χ2n) is 6.22. The molecule has 0 spiro atoms. The molecule has 1 heterocycles. The van der Waals surface area contributed by atoms with Crippen LogP contribution in [0.15, 0.2) is 53.4 Å². The van der Waals surface area contributed by atoms with Gasteiger partial charge in [-0.05, 0) is 49.7 Å². The van der Waals surface area contributed by atoms with Crippen molar-refractivity contribution in [3.63, 3.8) is 0 Å². The smallest absolute Gasteiger partial charge is 0.240 e. The van der Waals surface area contributed by atoms with E-state index in [0.29, 0.717) is 25.3 Å². The van der Waals surface area contributed by atoms with Gasteiger partial charge in [-0.2, -0.15) is 0 Å². The van der Waals surface area contributed by atoms with Crippen LogP contribution < -0.4 is 9.46 Å². The number of hydrogen-bond donors (Lipinski definition) is 1. The molecule has 0 unspecified atom stereocenters. The summed E-state index contributed by atoms with van der Waals surface area (Å²) in [7, 11) is -3.56. The zero-order valence-electron chi connectivity index (χ0n) is 15.7. The van der Waals surface area contributed by atoms with E-state index in [1.807, 2.05) is 31.2 Å². The molecule has 1 aromatic heterocycles. The minimum absolute atomic E-state index is 0.230. The molecule has 27 heavy (non-hydrogen) atoms. The predicted octanol–water partition coefficient (Wildman–Crippen LogP) is 3.37. The first-order valence-electron chi connectivity index (χ1n) is 9.22. The fourth-order valence-electron chi connectivity index (χ4n) is 3.05. The Morgan fingerprint density at radius 1 is 1.07 bits per heavy atom. The highest BCUT2D eigenvalue weighted by Crippen LogP contribution is 2.18. The largest absolute Gasteiger partial charge is 0.494 e. The van der Waals surface area contributed by atoms with Crippen molar-refractivity contribution in [2.45, 2.75) is 38.1 Å². The Kier molecular flexibility index (Phi) is 6.13. The van der Waals surface area contributed by atoms with Crippen molar-refractivity contribution in [3.8, 4) is 5.75 Å². The third kappa shape index (κ3) is 4.48. The lowest BCUT2D eigenvalue weighted by Crippen LogP contribution is -2.26. The SMILES string of the molecule is CCCn1c(CCNS(=O)(=O)c2ccc(OCC)cc2)nc2ccccc21. The molecule has 0 aliphatic rings. The fourth-order valence-corrected chi connectivity index (χ4v) is 4.08. The number of nitrogens with one attached hydrogen (secondary N) is 1. The van der Waals surface area contributed by atoms with Gasteiger partial charge in [-0.15, -0.1) is 0 Å². The van der Waals surface area contributed by atoms with Gasteiger partial charge >= 0.3 is 0 Å². The first-order chi connectivity index (χ1) is 13.0. The number of fused-ring (bicyclic) bond motifs is 1. The summed E-state index contributed by atoms with van der Waals surface area (Å²) in [5.74, 6) is 1.55. The molecule has 0 saturated heterocycles. The van der Waals surface area contributed by atoms with Crippen LogP contribution in [0.3, 0.4) is 0 Å². The van der Waals surface area contributed by atoms with E-state index in [9.17, 15) is 8.42 Å². The van der Waals surface area contributed by atoms with E-state index in [-0.39, 0.29) is 4.90 Å². The molecule has 3 aromatic rings. The summed E-state index contributed by atoms with van der Waals surface area (Å²) in [4.78, 5) is 4.90. The number of para-hydroxylation sites is 2. The topological polar surface area (TPSA) is 73.2 Å². The lowest BCUT2D eigenvalue weighted by Gasteiger charge is -2.10. The van der Waals surface area contributed by atoms with Crippen LogP contribution in [-0.4, -0.2) is 31.1 Å². The lowest BCUT2D eigenvalue weighted by atomic mass is 10.3. The van der Waals surface area contributed by atoms with Crippen molar-refractivity contribution in [2.75, 3.05) is 13.2 Å². The number of sulfonamides is 1. The average Bonchev–Trinajstić information content (AvgIpc) is 3.00. The second-order valence-corrected chi connectivity index (χ2v) is 7.99. The number of imidazole rings is 1. The van der Waals surface area contributed by atoms with E-state index in [1.165, 1.54) is 0 Å². The zero-order valence-corrected chi connectivity index (χ0v) is 16.5. The molecule has 0 saturated carbocycles. The highest BCUT2D eigenvalue weighted by atomic mass is 32.2. The summed E-state index contributed by atoms with van der Waals surface area (Å²) in [6, 6.07) is 14.4. The summed E-state index contributed by atoms with van der Waals surface area (Å²) in [5, 5.41) is 0. The Balaban J connectivity index is 1.70. The predicted molar refractivity (Wildman–Crippen MR) is 107 cm³/mol. The summed E-state index contributed by atoms with van der Waals surface area (Å²) in [6.07, 6.45) is 1.52. The maximum Gasteiger partial charge on any atom is 0.240 e. The number of ether oxygens (including phenoxy) is 1. The third-order valence-corrected chi connectivity index (χ3v) is 5.74. The average molecular weight is 388 g/mol. The molecule has 1 N–H and O–H groups in total. The van der Waals surface area contributed by atoms with E-state index in [0.717, 1.165) is 29.8 Å². The van der Waals surface area contributed by atoms with Crippen molar-refractivity contribution in [1.82, 2.24) is 14.3 Å². The molecule has 0 atom stereocenters. The van der Waals surface area contributed by atoms with Crippen molar-refractivity contribution in [2.24, 2.45) is 0 Å². The monoisotopic (exact) mass is 387 g/mol. The van der Waals surface area contributed by atoms with Crippen LogP contribution in [0.1, 0.15) is 26.1 Å². The molecule has 0 amide bonds. The van der Waals surface area contributed by atoms with Crippen LogP contribution in [0.5, 0.6) is 5.75 Å². The van der Waals surface area contributed by atoms with Crippen LogP contribution in [0.25, 0.3) is 11.0 Å². The first-order valence-corrected chi connectivity index (χ1v) is 10.7. The van der Waals surface area contributed by atoms with Crippen molar-refractivity contribution in [1.29, 1.82) is 0 Å². The molecule has 0 bridgehead atoms. The maximum atomic E-state index is 12.5. The minimum atomic E-state index is -3.56. The first kappa shape index (κ1) is 19.4. The van der Waals surface area contributed by atoms with Gasteiger partial charge in [-0.3, -0.25) is 0 Å². The van der Waals surface area contributed by atoms with Gasteiger partial charge in [0.2, 0.25) is 10.0 Å². The maximum absolute atomic E-state index is 12.5. The molecule has 144 valence electrons. The van der Waals surface area contributed by atoms with E-state index in [4.69, 9.17) is 4.74 Å². The Morgan fingerprint density at radius 3 is 2.52 bits per heavy atom. The van der Waals surface area contributed by atoms with Gasteiger partial charge in [-0.1, -0.05) is 19.1 Å². The van der Waals surface area contributed by atoms with Gasteiger partial charge in [0.05, 0.1) is 22.5 Å². The van der Waals surface area contributed by atoms with E-state index in [2.05, 4.69) is 21.2 Å². The normalized spacial score (nSPS) is 11.8. The number of rotatable bonds is 9. The van der Waals surface area contributed by atoms with E-state index >= 15 is 0 Å². The summed E-state index contributed by atoms with van der Waals surface area (Å²) in [6.45, 7) is 5.71. The van der Waals surface area contributed by atoms with Crippen LogP contribution in [0.2, 0.25) is 0 Å². The molecule has 2 aromatic carbocycles. The highest BCUT2D eigenvalue weighted by molar-refractivity contribution is 7.89. The van der Waals surface area contributed by atoms with Crippen molar-refractivity contribution < 1.29 is 13.2 Å². The van der Waals surface area contributed by atoms with Gasteiger partial charge < -0.3 is 9.30 Å². The minimum Gasteiger partial charge on any atom is -0.494 e. The summed E-state index contributed by atoms with van der Waals surface area (Å²) in [5.41, 5.74) is 2.03. The quantitative estimate of drug-likeness (QED) is 0.611. The van der Waals surface area contributed by atoms with E-state index in [1.54, 1.807) is 24.3 Å². The Morgan fingerprint density at radius 2 is 1.81 bits per heavy atom. The van der Waals surface area contributed by atoms with Crippen LogP contribution in [0, 0.1) is 0 Å². The zero-order chi connectivity index (χ0) is 19.3. The fraction of sp³-hybridized carbons (Fsp3) is 0.350. The molecule has 6 nitrogen and oxygen atoms in total. The summed E-state index contributed by atoms with van der Waals surface area (Å²) < 4.78 is 35.2. The van der Waals surface area contributed by atoms with Crippen molar-refractivity contribution in [3.05, 3.63) is 54.4 Å². The number of hydrogen-bond acceptors (Lipinski definition) is 4. The van der Waals surface area contributed by atoms with Gasteiger partial charge in [0, 0.05) is 19.5 Å². The number of aromatic nitrogens is 2. The Labute approximate surface area is 160 Å². The molecular weight excluding hydrogens is 362 g/mol. The number of nitrogens with zero attached hydrogens (tertiary/aromatic N) is 2. The Hall–Kier alpha value is -2.38. The van der Waals surface area contributed by atoms with Gasteiger partial charge in [0.15, 0.2) is 0 Å². The molecule has 0 aliphatic heterocycles. The Bertz CT molecular complexity index is 995. The molecule has 3 rings (SSSR count). The van der Waals surface area contributed by atoms with Crippen LogP contribution in [0.4, 0.5) is 0 Å². The summed E-state index contributed by atoms with van der Waals surface area (Å²) >= 11 is 0. The van der Waals surface area contributed by atoms with Gasteiger partial charge in [-0.25, -0.2) is 18.1 Å². The van der Waals surface area contributed by atoms with Crippen LogP contribution in [-0.2, 0) is 23.0 Å². The molecule has 0 fully saturated rings. The third-order valence-electron chi connectivity index (χ3n) is 4.27. The number of benzene rings is 2. The van der Waals surface area contributed by atoms with Crippen LogP contribution >= 0.6 is 0 Å². The molecule has 0 aliphatic carbocycles. The molecule has 0 radical (unpaired) electrons. The second kappa shape index (κ2) is 8.54. The molecule has 7 heteroatoms. The van der Waals surface area contributed by atoms with Gasteiger partial charge in [0.1, 0.15) is 11.6 Å². The number of aryl methyl sites for hydroxylation is 1. The standard InChI is InChI=1S/C20H25N3O3S/c1-3-15-23-19-8-6-5-7-18(19)22-20(23)13-14-21-27(24,25)17-11-9-16(10-12-17)26-4-2/h5-12,21H,3-4,13-15H2,1-2H3. The van der Waals surface area contributed by atoms with Crippen molar-refractivity contribution >= 4 is 21.1 Å². The highest BCUT2D eigenvalue weighted by Gasteiger charge is 2.15. The molecular formula is C20H25N3O3S. The lowest BCUT2D eigenvalue weighted by molar-refractivity contribution is 0.340. The van der Waals surface area contributed by atoms with E-state index < -0.39 is 10.0 Å².